The van der Waals surface area contributed by atoms with E-state index in [1.165, 1.54) is 0 Å². The molecule has 1 aliphatic heterocycles. The number of carboxylic acid groups (broad SMARTS) is 1. The number of alkyl halides is 1. The number of aromatic amines is 1. The van der Waals surface area contributed by atoms with E-state index in [0.29, 0.717) is 55.2 Å². The fourth-order valence-corrected chi connectivity index (χ4v) is 7.04. The van der Waals surface area contributed by atoms with Crippen LogP contribution < -0.4 is 10.6 Å². The summed E-state index contributed by atoms with van der Waals surface area (Å²) >= 11 is 6.31. The van der Waals surface area contributed by atoms with Gasteiger partial charge >= 0.3 is 12.1 Å². The average Bonchev–Trinajstić information content (AvgIpc) is 3.61. The summed E-state index contributed by atoms with van der Waals surface area (Å²) in [6, 6.07) is 13.1. The zero-order valence-electron chi connectivity index (χ0n) is 26.1. The molecule has 46 heavy (non-hydrogen) atoms. The maximum atomic E-state index is 14.0. The number of hydrogen-bond acceptors (Lipinski definition) is 5. The number of carbonyl (C=O) groups excluding carboxylic acids is 3. The summed E-state index contributed by atoms with van der Waals surface area (Å²) in [4.78, 5) is 56.2. The largest absolute Gasteiger partial charge is 0.477 e. The lowest BCUT2D eigenvalue weighted by Gasteiger charge is -2.36. The quantitative estimate of drug-likeness (QED) is 0.218. The molecule has 2 heterocycles. The lowest BCUT2D eigenvalue weighted by Crippen LogP contribution is -2.49. The minimum absolute atomic E-state index is 0.0466. The van der Waals surface area contributed by atoms with Gasteiger partial charge in [0.25, 0.3) is 0 Å². The van der Waals surface area contributed by atoms with Gasteiger partial charge in [-0.25, -0.2) is 14.0 Å². The van der Waals surface area contributed by atoms with Crippen molar-refractivity contribution in [3.63, 3.8) is 0 Å². The molecule has 3 atom stereocenters. The van der Waals surface area contributed by atoms with Gasteiger partial charge in [-0.2, -0.15) is 0 Å². The van der Waals surface area contributed by atoms with Crippen molar-refractivity contribution in [2.75, 3.05) is 18.5 Å². The van der Waals surface area contributed by atoms with Crippen molar-refractivity contribution in [3.05, 3.63) is 64.8 Å². The van der Waals surface area contributed by atoms with Crippen LogP contribution in [0.2, 0.25) is 5.02 Å². The molecule has 4 N–H and O–H groups in total. The van der Waals surface area contributed by atoms with Gasteiger partial charge < -0.3 is 30.4 Å². The van der Waals surface area contributed by atoms with Crippen LogP contribution >= 0.6 is 11.6 Å². The number of carbonyl (C=O) groups is 4. The molecule has 5 rings (SSSR count). The molecule has 2 aromatic carbocycles. The number of likely N-dealkylation sites (tertiary alicyclic amines) is 1. The number of halogens is 2. The van der Waals surface area contributed by atoms with Gasteiger partial charge in [0.2, 0.25) is 11.8 Å². The molecule has 12 heteroatoms. The Bertz CT molecular complexity index is 1600. The molecule has 10 nitrogen and oxygen atoms in total. The molecule has 0 spiro atoms. The number of anilines is 1. The number of amides is 3. The van der Waals surface area contributed by atoms with Gasteiger partial charge in [-0.05, 0) is 82.6 Å². The second-order valence-corrected chi connectivity index (χ2v) is 13.5. The van der Waals surface area contributed by atoms with Gasteiger partial charge in [0, 0.05) is 35.0 Å². The third kappa shape index (κ3) is 7.30. The monoisotopic (exact) mass is 654 g/mol. The van der Waals surface area contributed by atoms with E-state index in [0.717, 1.165) is 5.56 Å². The summed E-state index contributed by atoms with van der Waals surface area (Å²) in [6.07, 6.45) is 2.10. The number of H-pyrrole nitrogens is 1. The van der Waals surface area contributed by atoms with Gasteiger partial charge in [-0.15, -0.1) is 0 Å². The Labute approximate surface area is 272 Å². The van der Waals surface area contributed by atoms with E-state index in [9.17, 15) is 28.7 Å². The summed E-state index contributed by atoms with van der Waals surface area (Å²) in [5.74, 6) is -2.33. The molecule has 1 aromatic heterocycles. The number of benzene rings is 2. The summed E-state index contributed by atoms with van der Waals surface area (Å²) in [5, 5.41) is 15.5. The van der Waals surface area contributed by atoms with Gasteiger partial charge in [0.1, 0.15) is 24.0 Å². The zero-order valence-corrected chi connectivity index (χ0v) is 26.9. The number of fused-ring (bicyclic) bond motifs is 1. The Hall–Kier alpha value is -4.12. The van der Waals surface area contributed by atoms with Crippen molar-refractivity contribution in [3.8, 4) is 0 Å². The molecule has 1 saturated heterocycles. The second-order valence-electron chi connectivity index (χ2n) is 13.2. The summed E-state index contributed by atoms with van der Waals surface area (Å²) in [5.41, 5.74) is 1.07. The highest BCUT2D eigenvalue weighted by Gasteiger charge is 2.45. The number of nitrogens with zero attached hydrogens (tertiary/aromatic N) is 1. The Morgan fingerprint density at radius 2 is 1.76 bits per heavy atom. The Kier molecular flexibility index (Phi) is 9.91. The van der Waals surface area contributed by atoms with Crippen LogP contribution in [0.15, 0.2) is 48.5 Å². The Morgan fingerprint density at radius 1 is 1.07 bits per heavy atom. The molecule has 0 radical (unpaired) electrons. The molecule has 1 saturated carbocycles. The van der Waals surface area contributed by atoms with Crippen molar-refractivity contribution in [1.82, 2.24) is 15.2 Å². The van der Waals surface area contributed by atoms with Crippen LogP contribution in [0.25, 0.3) is 10.9 Å². The van der Waals surface area contributed by atoms with Gasteiger partial charge in [0.15, 0.2) is 0 Å². The van der Waals surface area contributed by atoms with E-state index in [1.807, 2.05) is 30.3 Å². The lowest BCUT2D eigenvalue weighted by molar-refractivity contribution is -0.141. The van der Waals surface area contributed by atoms with E-state index < -0.39 is 36.4 Å². The highest BCUT2D eigenvalue weighted by atomic mass is 35.5. The normalized spacial score (nSPS) is 22.3. The van der Waals surface area contributed by atoms with Crippen LogP contribution in [0.4, 0.5) is 14.9 Å². The highest BCUT2D eigenvalue weighted by Crippen LogP contribution is 2.39. The lowest BCUT2D eigenvalue weighted by atomic mass is 9.78. The van der Waals surface area contributed by atoms with Crippen molar-refractivity contribution < 1.29 is 33.4 Å². The molecule has 2 fully saturated rings. The summed E-state index contributed by atoms with van der Waals surface area (Å²) in [6.45, 7) is 4.92. The van der Waals surface area contributed by atoms with E-state index >= 15 is 0 Å². The number of aromatic carboxylic acids is 1. The molecule has 0 unspecified atom stereocenters. The molecule has 0 bridgehead atoms. The van der Waals surface area contributed by atoms with Crippen molar-refractivity contribution in [1.29, 1.82) is 0 Å². The first kappa shape index (κ1) is 33.2. The third-order valence-electron chi connectivity index (χ3n) is 8.95. The Morgan fingerprint density at radius 3 is 2.39 bits per heavy atom. The van der Waals surface area contributed by atoms with Crippen molar-refractivity contribution >= 4 is 52.1 Å². The smallest absolute Gasteiger partial charge is 0.407 e. The standard InChI is InChI=1S/C34H40ClFN4O6/c1-34(2,3)46-33(45)39-26(18-36)20-9-11-21(12-10-20)31(42)40-16-15-23(19-7-5-4-6-8-19)29(40)30(41)37-22-13-14-25-24(17-22)27(35)28(38-25)32(43)44/h4-8,13-14,17,20-21,23,26,29,38H,9-12,15-16,18H2,1-3H3,(H,37,41)(H,39,45)(H,43,44)/t20?,21?,23-,26-,29+/m1/s1. The maximum absolute atomic E-state index is 14.0. The van der Waals surface area contributed by atoms with Crippen molar-refractivity contribution in [2.24, 2.45) is 11.8 Å². The number of hydrogen-bond donors (Lipinski definition) is 4. The van der Waals surface area contributed by atoms with Crippen LogP contribution in [0.3, 0.4) is 0 Å². The first-order chi connectivity index (χ1) is 21.9. The molecule has 3 amide bonds. The van der Waals surface area contributed by atoms with E-state index in [2.05, 4.69) is 15.6 Å². The minimum Gasteiger partial charge on any atom is -0.477 e. The minimum atomic E-state index is -1.19. The van der Waals surface area contributed by atoms with Crippen molar-refractivity contribution in [2.45, 2.75) is 76.5 Å². The summed E-state index contributed by atoms with van der Waals surface area (Å²) in [7, 11) is 0. The fraction of sp³-hybridized carbons (Fsp3) is 0.471. The molecule has 2 aliphatic rings. The predicted octanol–water partition coefficient (Wildman–Crippen LogP) is 6.51. The number of nitrogens with one attached hydrogen (secondary N) is 3. The number of alkyl carbamates (subject to hydrolysis) is 1. The summed E-state index contributed by atoms with van der Waals surface area (Å²) < 4.78 is 19.3. The van der Waals surface area contributed by atoms with Crippen LogP contribution in [0, 0.1) is 11.8 Å². The molecule has 3 aromatic rings. The first-order valence-corrected chi connectivity index (χ1v) is 16.0. The maximum Gasteiger partial charge on any atom is 0.407 e. The second kappa shape index (κ2) is 13.7. The topological polar surface area (TPSA) is 141 Å². The Balaban J connectivity index is 1.31. The van der Waals surface area contributed by atoms with Gasteiger partial charge in [-0.3, -0.25) is 9.59 Å². The SMILES string of the molecule is CC(C)(C)OC(=O)N[C@H](CF)C1CCC(C(=O)N2CC[C@H](c3ccccc3)[C@H]2C(=O)Nc2ccc3[nH]c(C(=O)O)c(Cl)c3c2)CC1. The third-order valence-corrected chi connectivity index (χ3v) is 9.35. The van der Waals surface area contributed by atoms with E-state index in [4.69, 9.17) is 16.3 Å². The van der Waals surface area contributed by atoms with Gasteiger partial charge in [0.05, 0.1) is 11.1 Å². The van der Waals surface area contributed by atoms with Crippen LogP contribution in [-0.2, 0) is 14.3 Å². The molecule has 1 aliphatic carbocycles. The van der Waals surface area contributed by atoms with E-state index in [1.54, 1.807) is 43.9 Å². The van der Waals surface area contributed by atoms with Gasteiger partial charge in [-0.1, -0.05) is 41.9 Å². The zero-order chi connectivity index (χ0) is 33.2. The fourth-order valence-electron chi connectivity index (χ4n) is 6.76. The first-order valence-electron chi connectivity index (χ1n) is 15.6. The highest BCUT2D eigenvalue weighted by molar-refractivity contribution is 6.38. The van der Waals surface area contributed by atoms with Crippen LogP contribution in [-0.4, -0.2) is 69.8 Å². The predicted molar refractivity (Wildman–Crippen MR) is 173 cm³/mol. The average molecular weight is 655 g/mol. The number of aromatic nitrogens is 1. The molecule has 246 valence electrons. The number of ether oxygens (including phenoxy) is 1. The van der Waals surface area contributed by atoms with E-state index in [-0.39, 0.29) is 40.3 Å². The van der Waals surface area contributed by atoms with Crippen LogP contribution in [0.5, 0.6) is 0 Å². The number of carboxylic acids is 1. The van der Waals surface area contributed by atoms with Crippen LogP contribution in [0.1, 0.15) is 74.8 Å². The molecular weight excluding hydrogens is 615 g/mol. The number of rotatable bonds is 8. The molecular formula is C34H40ClFN4O6.